The molecule has 2 aromatic rings. The lowest BCUT2D eigenvalue weighted by atomic mass is 10.1. The summed E-state index contributed by atoms with van der Waals surface area (Å²) in [6, 6.07) is 0. The fourth-order valence-corrected chi connectivity index (χ4v) is 2.72. The highest BCUT2D eigenvalue weighted by molar-refractivity contribution is 7.43. The van der Waals surface area contributed by atoms with E-state index in [1.54, 1.807) is 0 Å². The van der Waals surface area contributed by atoms with Crippen LogP contribution in [0, 0.1) is 0 Å². The Morgan fingerprint density at radius 2 is 2.04 bits per heavy atom. The predicted molar refractivity (Wildman–Crippen MR) is 84.0 cm³/mol. The van der Waals surface area contributed by atoms with Gasteiger partial charge >= 0.3 is 0 Å². The van der Waals surface area contributed by atoms with Crippen LogP contribution < -0.4 is 33.4 Å². The van der Waals surface area contributed by atoms with E-state index in [0.29, 0.717) is 0 Å². The van der Waals surface area contributed by atoms with Crippen molar-refractivity contribution >= 4 is 24.9 Å². The van der Waals surface area contributed by atoms with Crippen molar-refractivity contribution in [2.45, 2.75) is 24.5 Å². The molecule has 0 aromatic carbocycles. The number of hydrogen-bond donors (Lipinski definition) is 6. The van der Waals surface area contributed by atoms with Crippen molar-refractivity contribution in [3.05, 3.63) is 16.7 Å². The number of nitrogens with zero attached hydrogens (tertiary/aromatic N) is 3. The molecule has 2 aromatic heterocycles. The van der Waals surface area contributed by atoms with Gasteiger partial charge < -0.3 is 51.9 Å². The Balaban J connectivity index is 0.00000169. The van der Waals surface area contributed by atoms with Crippen LogP contribution in [0.4, 0.5) is 5.95 Å². The number of nitrogens with one attached hydrogen (secondary N) is 1. The Labute approximate surface area is 145 Å². The van der Waals surface area contributed by atoms with Crippen LogP contribution in [0.2, 0.25) is 0 Å². The van der Waals surface area contributed by atoms with E-state index < -0.39 is 44.5 Å². The summed E-state index contributed by atoms with van der Waals surface area (Å²) in [5, 5.41) is 20.0. The van der Waals surface area contributed by atoms with Crippen LogP contribution >= 0.6 is 7.82 Å². The molecule has 15 nitrogen and oxygen atoms in total. The second-order valence-electron chi connectivity index (χ2n) is 5.06. The van der Waals surface area contributed by atoms with Crippen molar-refractivity contribution < 1.29 is 33.8 Å². The SMILES string of the molecule is Nc1nc2c(n[14cH]n2[C@@H]2O[C@H](COP(=O)([O-])[O-])[C@@H](O)[C@H]2O)c(=O)[nH]1.[NH4+].[NH4+]. The molecule has 0 unspecified atom stereocenters. The third-order valence-electron chi connectivity index (χ3n) is 3.46. The zero-order valence-corrected chi connectivity index (χ0v) is 14.7. The molecule has 16 heteroatoms. The first-order valence-corrected chi connectivity index (χ1v) is 8.04. The van der Waals surface area contributed by atoms with Gasteiger partial charge in [0.1, 0.15) is 18.3 Å². The molecular formula is C10H20N7O8P. The van der Waals surface area contributed by atoms with Gasteiger partial charge in [-0.25, -0.2) is 4.98 Å². The van der Waals surface area contributed by atoms with Crippen LogP contribution in [0.1, 0.15) is 6.23 Å². The number of aromatic nitrogens is 4. The molecule has 0 bridgehead atoms. The fourth-order valence-electron chi connectivity index (χ4n) is 2.39. The van der Waals surface area contributed by atoms with Gasteiger partial charge in [-0.15, -0.1) is 0 Å². The molecule has 0 saturated carbocycles. The highest BCUT2D eigenvalue weighted by atomic mass is 31.2. The maximum absolute atomic E-state index is 11.7. The van der Waals surface area contributed by atoms with Gasteiger partial charge in [-0.3, -0.25) is 14.3 Å². The summed E-state index contributed by atoms with van der Waals surface area (Å²) in [6.45, 7) is -0.776. The number of aliphatic hydroxyl groups excluding tert-OH is 2. The number of imidazole rings is 1. The van der Waals surface area contributed by atoms with Crippen molar-refractivity contribution in [1.82, 2.24) is 31.8 Å². The van der Waals surface area contributed by atoms with Gasteiger partial charge in [-0.1, -0.05) is 0 Å². The Morgan fingerprint density at radius 1 is 1.38 bits per heavy atom. The molecule has 148 valence electrons. The van der Waals surface area contributed by atoms with E-state index in [-0.39, 0.29) is 29.4 Å². The standard InChI is InChI=1S/C10H14N5O8P.2H3N/c11-10-13-7-4(8(18)14-10)12-2-15(7)9-6(17)5(16)3(23-9)1-22-24(19,20)21;;/h2-3,5-6,9,16-17H,1H2,(H2,19,20,21)(H3,11,13,14,18);2*1H3/t3-,5-,6-,9-;;/m1../s1/i2+2;;. The highest BCUT2D eigenvalue weighted by Gasteiger charge is 2.44. The van der Waals surface area contributed by atoms with Gasteiger partial charge in [0.2, 0.25) is 5.95 Å². The molecule has 0 spiro atoms. The number of phosphoric acid groups is 1. The van der Waals surface area contributed by atoms with E-state index >= 15 is 0 Å². The number of ether oxygens (including phenoxy) is 1. The minimum absolute atomic E-state index is 0. The van der Waals surface area contributed by atoms with Crippen molar-refractivity contribution in [2.75, 3.05) is 12.3 Å². The number of quaternary nitrogens is 2. The van der Waals surface area contributed by atoms with Gasteiger partial charge in [0.25, 0.3) is 5.56 Å². The number of aromatic amines is 1. The summed E-state index contributed by atoms with van der Waals surface area (Å²) in [7, 11) is -5.26. The topological polar surface area (TPSA) is 285 Å². The number of nitrogen functional groups attached to an aromatic ring is 1. The molecule has 1 aliphatic rings. The molecule has 0 radical (unpaired) electrons. The summed E-state index contributed by atoms with van der Waals surface area (Å²) in [6.07, 6.45) is -4.46. The van der Waals surface area contributed by atoms with Crippen molar-refractivity contribution in [3.8, 4) is 0 Å². The molecule has 1 saturated heterocycles. The predicted octanol–water partition coefficient (Wildman–Crippen LogP) is -3.08. The van der Waals surface area contributed by atoms with Crippen LogP contribution in [0.5, 0.6) is 0 Å². The van der Waals surface area contributed by atoms with E-state index in [9.17, 15) is 29.4 Å². The van der Waals surface area contributed by atoms with Gasteiger partial charge in [0.15, 0.2) is 17.4 Å². The molecule has 3 heterocycles. The number of nitrogens with two attached hydrogens (primary N) is 1. The lowest BCUT2D eigenvalue weighted by molar-refractivity contribution is -0.343. The Bertz CT molecular complexity index is 865. The monoisotopic (exact) mass is 399 g/mol. The summed E-state index contributed by atoms with van der Waals surface area (Å²) in [4.78, 5) is 42.7. The molecule has 13 N–H and O–H groups in total. The average molecular weight is 399 g/mol. The number of aliphatic hydroxyl groups is 2. The van der Waals surface area contributed by atoms with Gasteiger partial charge in [-0.05, 0) is 0 Å². The first-order valence-electron chi connectivity index (χ1n) is 6.58. The van der Waals surface area contributed by atoms with Gasteiger partial charge in [0, 0.05) is 0 Å². The van der Waals surface area contributed by atoms with Crippen LogP contribution in [-0.4, -0.2) is 54.7 Å². The number of fused-ring (bicyclic) bond motifs is 1. The van der Waals surface area contributed by atoms with Crippen molar-refractivity contribution in [3.63, 3.8) is 0 Å². The van der Waals surface area contributed by atoms with Gasteiger partial charge in [-0.2, -0.15) is 4.98 Å². The maximum Gasteiger partial charge on any atom is 0.280 e. The second kappa shape index (κ2) is 7.75. The van der Waals surface area contributed by atoms with E-state index in [1.165, 1.54) is 0 Å². The molecule has 26 heavy (non-hydrogen) atoms. The minimum atomic E-state index is -5.26. The summed E-state index contributed by atoms with van der Waals surface area (Å²) >= 11 is 0. The Hall–Kier alpha value is -1.94. The van der Waals surface area contributed by atoms with Crippen LogP contribution in [0.15, 0.2) is 11.1 Å². The molecule has 4 atom stereocenters. The van der Waals surface area contributed by atoms with Crippen LogP contribution in [-0.2, 0) is 13.8 Å². The van der Waals surface area contributed by atoms with Crippen LogP contribution in [0.3, 0.4) is 0 Å². The first-order chi connectivity index (χ1) is 11.2. The van der Waals surface area contributed by atoms with Gasteiger partial charge in [0.05, 0.1) is 20.8 Å². The quantitative estimate of drug-likeness (QED) is 0.280. The lowest BCUT2D eigenvalue weighted by Crippen LogP contribution is -2.34. The molecule has 3 rings (SSSR count). The van der Waals surface area contributed by atoms with E-state index in [0.717, 1.165) is 10.9 Å². The average Bonchev–Trinajstić information content (AvgIpc) is 3.00. The molecule has 0 amide bonds. The third kappa shape index (κ3) is 4.07. The van der Waals surface area contributed by atoms with Crippen molar-refractivity contribution in [2.24, 2.45) is 0 Å². The number of H-pyrrole nitrogens is 1. The minimum Gasteiger partial charge on any atom is -0.790 e. The Kier molecular flexibility index (Phi) is 6.59. The summed E-state index contributed by atoms with van der Waals surface area (Å²) < 4.78 is 21.0. The molecular weight excluding hydrogens is 379 g/mol. The number of rotatable bonds is 4. The third-order valence-corrected chi connectivity index (χ3v) is 3.92. The smallest absolute Gasteiger partial charge is 0.280 e. The maximum atomic E-state index is 11.7. The summed E-state index contributed by atoms with van der Waals surface area (Å²) in [5.41, 5.74) is 4.77. The first kappa shape index (κ1) is 22.1. The summed E-state index contributed by atoms with van der Waals surface area (Å²) in [5.74, 6) is -0.194. The highest BCUT2D eigenvalue weighted by Crippen LogP contribution is 2.33. The lowest BCUT2D eigenvalue weighted by Gasteiger charge is -2.30. The second-order valence-corrected chi connectivity index (χ2v) is 6.22. The number of phosphoric ester groups is 1. The molecule has 1 aliphatic heterocycles. The zero-order chi connectivity index (χ0) is 17.6. The van der Waals surface area contributed by atoms with E-state index in [4.69, 9.17) is 10.5 Å². The van der Waals surface area contributed by atoms with Crippen molar-refractivity contribution in [1.29, 1.82) is 0 Å². The zero-order valence-electron chi connectivity index (χ0n) is 13.8. The van der Waals surface area contributed by atoms with E-state index in [1.807, 2.05) is 0 Å². The normalized spacial score (nSPS) is 25.7. The number of hydrogen-bond acceptors (Lipinski definition) is 11. The van der Waals surface area contributed by atoms with Crippen LogP contribution in [0.25, 0.3) is 11.2 Å². The molecule has 1 fully saturated rings. The Morgan fingerprint density at radius 3 is 2.65 bits per heavy atom. The van der Waals surface area contributed by atoms with E-state index in [2.05, 4.69) is 19.5 Å². The largest absolute Gasteiger partial charge is 0.790 e. The fraction of sp³-hybridized carbons (Fsp3) is 0.500. The number of anilines is 1. The molecule has 0 aliphatic carbocycles.